The fourth-order valence-corrected chi connectivity index (χ4v) is 1.96. The van der Waals surface area contributed by atoms with Crippen LogP contribution in [0.2, 0.25) is 0 Å². The zero-order valence-corrected chi connectivity index (χ0v) is 13.3. The molecular formula is C17H13N3O6. The first kappa shape index (κ1) is 18.3. The van der Waals surface area contributed by atoms with Gasteiger partial charge in [-0.2, -0.15) is 4.73 Å². The summed E-state index contributed by atoms with van der Waals surface area (Å²) in [6.07, 6.45) is 2.16. The molecule has 3 rings (SSSR count). The SMILES string of the molecule is O=[N+]([O-])c1cc[n+]([O-])cc1.O=[N+]([O-])c1ccc(-c2ccc(O)cc2)cc1. The second-order valence-corrected chi connectivity index (χ2v) is 5.02. The van der Waals surface area contributed by atoms with Crippen molar-refractivity contribution >= 4 is 11.4 Å². The molecule has 0 amide bonds. The van der Waals surface area contributed by atoms with Crippen LogP contribution >= 0.6 is 0 Å². The van der Waals surface area contributed by atoms with Gasteiger partial charge in [-0.15, -0.1) is 0 Å². The Bertz CT molecular complexity index is 893. The Labute approximate surface area is 147 Å². The van der Waals surface area contributed by atoms with Crippen molar-refractivity contribution in [2.24, 2.45) is 0 Å². The normalized spacial score (nSPS) is 9.69. The van der Waals surface area contributed by atoms with Crippen LogP contribution in [0.3, 0.4) is 0 Å². The Morgan fingerprint density at radius 3 is 1.50 bits per heavy atom. The Balaban J connectivity index is 0.000000209. The molecule has 0 aliphatic heterocycles. The number of rotatable bonds is 3. The summed E-state index contributed by atoms with van der Waals surface area (Å²) in [7, 11) is 0. The molecule has 1 aromatic heterocycles. The summed E-state index contributed by atoms with van der Waals surface area (Å²) in [5.74, 6) is 0.200. The van der Waals surface area contributed by atoms with Crippen molar-refractivity contribution < 1.29 is 19.7 Å². The van der Waals surface area contributed by atoms with Crippen LogP contribution in [0.1, 0.15) is 0 Å². The van der Waals surface area contributed by atoms with E-state index in [9.17, 15) is 25.4 Å². The maximum atomic E-state index is 10.5. The van der Waals surface area contributed by atoms with E-state index in [0.717, 1.165) is 35.7 Å². The van der Waals surface area contributed by atoms with E-state index in [0.29, 0.717) is 4.73 Å². The van der Waals surface area contributed by atoms with Crippen LogP contribution in [0.4, 0.5) is 11.4 Å². The highest BCUT2D eigenvalue weighted by atomic mass is 16.6. The molecule has 0 radical (unpaired) electrons. The molecular weight excluding hydrogens is 342 g/mol. The molecule has 9 heteroatoms. The number of benzene rings is 2. The molecule has 0 aliphatic rings. The molecule has 132 valence electrons. The third-order valence-corrected chi connectivity index (χ3v) is 3.27. The lowest BCUT2D eigenvalue weighted by atomic mass is 10.1. The van der Waals surface area contributed by atoms with Crippen molar-refractivity contribution in [3.8, 4) is 16.9 Å². The first-order valence-corrected chi connectivity index (χ1v) is 7.24. The van der Waals surface area contributed by atoms with Gasteiger partial charge in [-0.25, -0.2) is 0 Å². The zero-order valence-electron chi connectivity index (χ0n) is 13.3. The molecule has 0 saturated heterocycles. The summed E-state index contributed by atoms with van der Waals surface area (Å²) in [6.45, 7) is 0. The summed E-state index contributed by atoms with van der Waals surface area (Å²) >= 11 is 0. The second-order valence-electron chi connectivity index (χ2n) is 5.02. The number of nitro groups is 2. The molecule has 2 aromatic carbocycles. The molecule has 0 saturated carbocycles. The molecule has 3 aromatic rings. The predicted molar refractivity (Wildman–Crippen MR) is 92.3 cm³/mol. The van der Waals surface area contributed by atoms with Crippen molar-refractivity contribution in [1.82, 2.24) is 0 Å². The van der Waals surface area contributed by atoms with Crippen LogP contribution in [-0.4, -0.2) is 15.0 Å². The number of aromatic nitrogens is 1. The van der Waals surface area contributed by atoms with Crippen molar-refractivity contribution in [2.75, 3.05) is 0 Å². The number of non-ortho nitro benzene ring substituents is 1. The quantitative estimate of drug-likeness (QED) is 0.332. The molecule has 26 heavy (non-hydrogen) atoms. The van der Waals surface area contributed by atoms with E-state index in [-0.39, 0.29) is 17.1 Å². The van der Waals surface area contributed by atoms with Gasteiger partial charge in [-0.1, -0.05) is 12.1 Å². The van der Waals surface area contributed by atoms with Crippen LogP contribution < -0.4 is 4.73 Å². The third-order valence-electron chi connectivity index (χ3n) is 3.27. The van der Waals surface area contributed by atoms with E-state index in [1.165, 1.54) is 12.1 Å². The van der Waals surface area contributed by atoms with Gasteiger partial charge < -0.3 is 10.3 Å². The number of phenolic OH excluding ortho intramolecular Hbond substituents is 1. The Kier molecular flexibility index (Phi) is 5.78. The fourth-order valence-electron chi connectivity index (χ4n) is 1.96. The molecule has 0 aliphatic carbocycles. The number of hydrogen-bond donors (Lipinski definition) is 1. The van der Waals surface area contributed by atoms with Gasteiger partial charge in [0.25, 0.3) is 11.4 Å². The van der Waals surface area contributed by atoms with Gasteiger partial charge in [0.15, 0.2) is 12.4 Å². The van der Waals surface area contributed by atoms with E-state index in [1.807, 2.05) is 0 Å². The predicted octanol–water partition coefficient (Wildman–Crippen LogP) is 3.20. The van der Waals surface area contributed by atoms with Crippen LogP contribution in [0, 0.1) is 25.4 Å². The third kappa shape index (κ3) is 4.99. The monoisotopic (exact) mass is 355 g/mol. The standard InChI is InChI=1S/C12H9NO3.C5H4N2O3/c14-12-7-3-10(4-8-12)9-1-5-11(6-2-9)13(15)16;8-6-3-1-5(2-4-6)7(9)10/h1-8,14H;1-4H. The van der Waals surface area contributed by atoms with Gasteiger partial charge in [-0.05, 0) is 35.4 Å². The summed E-state index contributed by atoms with van der Waals surface area (Å²) in [5, 5.41) is 39.9. The summed E-state index contributed by atoms with van der Waals surface area (Å²) < 4.78 is 0.493. The number of nitro benzene ring substituents is 1. The van der Waals surface area contributed by atoms with E-state index in [4.69, 9.17) is 5.11 Å². The molecule has 9 nitrogen and oxygen atoms in total. The Hall–Kier alpha value is -4.01. The van der Waals surface area contributed by atoms with Crippen LogP contribution in [0.5, 0.6) is 5.75 Å². The van der Waals surface area contributed by atoms with Crippen LogP contribution in [0.15, 0.2) is 73.1 Å². The van der Waals surface area contributed by atoms with E-state index < -0.39 is 9.85 Å². The topological polar surface area (TPSA) is 133 Å². The molecule has 0 unspecified atom stereocenters. The fraction of sp³-hybridized carbons (Fsp3) is 0. The number of aromatic hydroxyl groups is 1. The van der Waals surface area contributed by atoms with Crippen LogP contribution in [-0.2, 0) is 0 Å². The van der Waals surface area contributed by atoms with Gasteiger partial charge in [0.05, 0.1) is 22.0 Å². The lowest BCUT2D eigenvalue weighted by Crippen LogP contribution is -2.23. The van der Waals surface area contributed by atoms with E-state index >= 15 is 0 Å². The van der Waals surface area contributed by atoms with Crippen molar-refractivity contribution in [3.63, 3.8) is 0 Å². The molecule has 0 spiro atoms. The maximum absolute atomic E-state index is 10.5. The first-order chi connectivity index (χ1) is 12.4. The number of pyridine rings is 1. The highest BCUT2D eigenvalue weighted by Gasteiger charge is 2.05. The van der Waals surface area contributed by atoms with Crippen molar-refractivity contribution in [2.45, 2.75) is 0 Å². The Morgan fingerprint density at radius 2 is 1.08 bits per heavy atom. The Morgan fingerprint density at radius 1 is 0.692 bits per heavy atom. The summed E-state index contributed by atoms with van der Waals surface area (Å²) in [6, 6.07) is 15.3. The van der Waals surface area contributed by atoms with Gasteiger partial charge in [-0.3, -0.25) is 20.2 Å². The minimum atomic E-state index is -0.556. The molecule has 0 bridgehead atoms. The minimum absolute atomic E-state index is 0.0718. The lowest BCUT2D eigenvalue weighted by molar-refractivity contribution is -0.606. The average Bonchev–Trinajstić information content (AvgIpc) is 2.63. The molecule has 1 N–H and O–H groups in total. The van der Waals surface area contributed by atoms with Crippen LogP contribution in [0.25, 0.3) is 11.1 Å². The smallest absolute Gasteiger partial charge is 0.281 e. The number of hydrogen-bond acceptors (Lipinski definition) is 6. The largest absolute Gasteiger partial charge is 0.619 e. The van der Waals surface area contributed by atoms with E-state index in [1.54, 1.807) is 36.4 Å². The van der Waals surface area contributed by atoms with Crippen molar-refractivity contribution in [1.29, 1.82) is 0 Å². The molecule has 1 heterocycles. The zero-order chi connectivity index (χ0) is 19.1. The van der Waals surface area contributed by atoms with Gasteiger partial charge in [0, 0.05) is 12.1 Å². The number of phenols is 1. The number of nitrogens with zero attached hydrogens (tertiary/aromatic N) is 3. The van der Waals surface area contributed by atoms with Gasteiger partial charge in [0.1, 0.15) is 5.75 Å². The first-order valence-electron chi connectivity index (χ1n) is 7.24. The molecule has 0 atom stereocenters. The maximum Gasteiger partial charge on any atom is 0.281 e. The lowest BCUT2D eigenvalue weighted by Gasteiger charge is -2.01. The summed E-state index contributed by atoms with van der Waals surface area (Å²) in [4.78, 5) is 19.5. The van der Waals surface area contributed by atoms with Gasteiger partial charge >= 0.3 is 0 Å². The average molecular weight is 355 g/mol. The highest BCUT2D eigenvalue weighted by molar-refractivity contribution is 5.65. The minimum Gasteiger partial charge on any atom is -0.619 e. The highest BCUT2D eigenvalue weighted by Crippen LogP contribution is 2.23. The van der Waals surface area contributed by atoms with Gasteiger partial charge in [0.2, 0.25) is 0 Å². The second kappa shape index (κ2) is 8.20. The van der Waals surface area contributed by atoms with E-state index in [2.05, 4.69) is 0 Å². The molecule has 0 fully saturated rings. The van der Waals surface area contributed by atoms with Crippen molar-refractivity contribution in [3.05, 3.63) is 98.5 Å². The summed E-state index contributed by atoms with van der Waals surface area (Å²) in [5.41, 5.74) is 1.79.